The van der Waals surface area contributed by atoms with E-state index in [1.807, 2.05) is 25.1 Å². The monoisotopic (exact) mass is 356 g/mol. The van der Waals surface area contributed by atoms with Crippen molar-refractivity contribution in [3.63, 3.8) is 0 Å². The summed E-state index contributed by atoms with van der Waals surface area (Å²) in [5.41, 5.74) is 1.17. The molecular weight excluding hydrogens is 328 g/mol. The molecule has 136 valence electrons. The van der Waals surface area contributed by atoms with Crippen molar-refractivity contribution in [1.29, 1.82) is 0 Å². The number of rotatable bonds is 6. The van der Waals surface area contributed by atoms with Gasteiger partial charge in [0, 0.05) is 19.6 Å². The number of alkyl carbamates (subject to hydrolysis) is 1. The molecule has 0 aliphatic carbocycles. The summed E-state index contributed by atoms with van der Waals surface area (Å²) in [6, 6.07) is 7.05. The second-order valence-electron chi connectivity index (χ2n) is 7.07. The third kappa shape index (κ3) is 7.31. The number of benzene rings is 1. The molecule has 24 heavy (non-hydrogen) atoms. The highest BCUT2D eigenvalue weighted by atomic mass is 32.2. The van der Waals surface area contributed by atoms with Crippen LogP contribution < -0.4 is 5.32 Å². The SMILES string of the molecule is Cc1cccc(CS(=O)(=O)N(C)C[C@H](C)NC(=O)OC(C)(C)C)c1. The van der Waals surface area contributed by atoms with E-state index in [0.717, 1.165) is 11.1 Å². The number of sulfonamides is 1. The van der Waals surface area contributed by atoms with Gasteiger partial charge in [0.1, 0.15) is 5.60 Å². The molecule has 0 bridgehead atoms. The summed E-state index contributed by atoms with van der Waals surface area (Å²) < 4.78 is 31.3. The second-order valence-corrected chi connectivity index (χ2v) is 9.15. The molecule has 1 aromatic rings. The Balaban J connectivity index is 2.62. The highest BCUT2D eigenvalue weighted by Gasteiger charge is 2.23. The lowest BCUT2D eigenvalue weighted by Gasteiger charge is -2.24. The second kappa shape index (κ2) is 7.98. The Morgan fingerprint density at radius 1 is 1.33 bits per heavy atom. The van der Waals surface area contributed by atoms with Crippen molar-refractivity contribution in [3.05, 3.63) is 35.4 Å². The van der Waals surface area contributed by atoms with E-state index in [4.69, 9.17) is 4.74 Å². The maximum Gasteiger partial charge on any atom is 0.407 e. The minimum atomic E-state index is -3.45. The largest absolute Gasteiger partial charge is 0.444 e. The van der Waals surface area contributed by atoms with Crippen LogP contribution in [0.5, 0.6) is 0 Å². The summed E-state index contributed by atoms with van der Waals surface area (Å²) in [6.07, 6.45) is -0.556. The fourth-order valence-corrected chi connectivity index (χ4v) is 3.45. The summed E-state index contributed by atoms with van der Waals surface area (Å²) in [7, 11) is -1.94. The number of likely N-dealkylation sites (N-methyl/N-ethyl adjacent to an activating group) is 1. The summed E-state index contributed by atoms with van der Waals surface area (Å²) in [4.78, 5) is 11.7. The number of nitrogens with one attached hydrogen (secondary N) is 1. The van der Waals surface area contributed by atoms with E-state index in [2.05, 4.69) is 5.32 Å². The van der Waals surface area contributed by atoms with Crippen molar-refractivity contribution in [1.82, 2.24) is 9.62 Å². The predicted molar refractivity (Wildman–Crippen MR) is 95.3 cm³/mol. The van der Waals surface area contributed by atoms with E-state index in [1.54, 1.807) is 33.8 Å². The number of hydrogen-bond acceptors (Lipinski definition) is 4. The third-order valence-electron chi connectivity index (χ3n) is 3.20. The molecule has 0 fully saturated rings. The van der Waals surface area contributed by atoms with Gasteiger partial charge in [0.2, 0.25) is 10.0 Å². The van der Waals surface area contributed by atoms with Gasteiger partial charge in [-0.1, -0.05) is 29.8 Å². The number of aryl methyl sites for hydroxylation is 1. The Morgan fingerprint density at radius 3 is 2.50 bits per heavy atom. The van der Waals surface area contributed by atoms with Gasteiger partial charge in [0.05, 0.1) is 5.75 Å². The Labute approximate surface area is 145 Å². The Hall–Kier alpha value is -1.60. The highest BCUT2D eigenvalue weighted by molar-refractivity contribution is 7.88. The molecule has 0 saturated carbocycles. The van der Waals surface area contributed by atoms with Gasteiger partial charge in [-0.2, -0.15) is 0 Å². The molecule has 1 amide bonds. The van der Waals surface area contributed by atoms with Crippen LogP contribution in [0, 0.1) is 6.92 Å². The molecule has 0 aliphatic heterocycles. The van der Waals surface area contributed by atoms with E-state index in [0.29, 0.717) is 0 Å². The van der Waals surface area contributed by atoms with Crippen LogP contribution in [0.1, 0.15) is 38.8 Å². The predicted octanol–water partition coefficient (Wildman–Crippen LogP) is 2.67. The zero-order valence-electron chi connectivity index (χ0n) is 15.3. The van der Waals surface area contributed by atoms with E-state index in [1.165, 1.54) is 11.4 Å². The lowest BCUT2D eigenvalue weighted by atomic mass is 10.2. The third-order valence-corrected chi connectivity index (χ3v) is 5.00. The first-order valence-corrected chi connectivity index (χ1v) is 9.49. The summed E-state index contributed by atoms with van der Waals surface area (Å²) in [6.45, 7) is 9.16. The number of hydrogen-bond donors (Lipinski definition) is 1. The molecule has 6 nitrogen and oxygen atoms in total. The molecular formula is C17H28N2O4S. The average molecular weight is 356 g/mol. The van der Waals surface area contributed by atoms with Crippen LogP contribution in [0.15, 0.2) is 24.3 Å². The van der Waals surface area contributed by atoms with Crippen LogP contribution in [0.25, 0.3) is 0 Å². The smallest absolute Gasteiger partial charge is 0.407 e. The normalized spacial score (nSPS) is 13.6. The van der Waals surface area contributed by atoms with Gasteiger partial charge in [-0.05, 0) is 40.2 Å². The molecule has 0 spiro atoms. The van der Waals surface area contributed by atoms with Crippen molar-refractivity contribution in [2.45, 2.75) is 52.0 Å². The zero-order valence-corrected chi connectivity index (χ0v) is 16.1. The van der Waals surface area contributed by atoms with E-state index < -0.39 is 21.7 Å². The highest BCUT2D eigenvalue weighted by Crippen LogP contribution is 2.12. The maximum atomic E-state index is 12.4. The van der Waals surface area contributed by atoms with Crippen LogP contribution in [-0.2, 0) is 20.5 Å². The first-order chi connectivity index (χ1) is 10.9. The molecule has 1 rings (SSSR count). The number of ether oxygens (including phenoxy) is 1. The maximum absolute atomic E-state index is 12.4. The molecule has 0 radical (unpaired) electrons. The van der Waals surface area contributed by atoms with E-state index >= 15 is 0 Å². The number of carbonyl (C=O) groups is 1. The van der Waals surface area contributed by atoms with Crippen LogP contribution in [0.4, 0.5) is 4.79 Å². The Morgan fingerprint density at radius 2 is 1.96 bits per heavy atom. The van der Waals surface area contributed by atoms with Gasteiger partial charge in [-0.25, -0.2) is 17.5 Å². The van der Waals surface area contributed by atoms with E-state index in [-0.39, 0.29) is 18.3 Å². The first kappa shape index (κ1) is 20.4. The Kier molecular flexibility index (Phi) is 6.80. The topological polar surface area (TPSA) is 75.7 Å². The molecule has 0 aliphatic rings. The van der Waals surface area contributed by atoms with Gasteiger partial charge in [-0.3, -0.25) is 0 Å². The molecule has 1 aromatic carbocycles. The van der Waals surface area contributed by atoms with Crippen LogP contribution in [0.3, 0.4) is 0 Å². The van der Waals surface area contributed by atoms with Crippen molar-refractivity contribution in [2.24, 2.45) is 0 Å². The number of amides is 1. The molecule has 7 heteroatoms. The number of nitrogens with zero attached hydrogens (tertiary/aromatic N) is 1. The molecule has 1 N–H and O–H groups in total. The standard InChI is InChI=1S/C17H28N2O4S/c1-13-8-7-9-15(10-13)12-24(21,22)19(6)11-14(2)18-16(20)23-17(3,4)5/h7-10,14H,11-12H2,1-6H3,(H,18,20)/t14-/m0/s1. The van der Waals surface area contributed by atoms with Crippen molar-refractivity contribution in [3.8, 4) is 0 Å². The fraction of sp³-hybridized carbons (Fsp3) is 0.588. The van der Waals surface area contributed by atoms with E-state index in [9.17, 15) is 13.2 Å². The minimum Gasteiger partial charge on any atom is -0.444 e. The van der Waals surface area contributed by atoms with Crippen LogP contribution in [-0.4, -0.2) is 44.1 Å². The lowest BCUT2D eigenvalue weighted by molar-refractivity contribution is 0.0504. The van der Waals surface area contributed by atoms with Gasteiger partial charge in [0.25, 0.3) is 0 Å². The molecule has 1 atom stereocenters. The lowest BCUT2D eigenvalue weighted by Crippen LogP contribution is -2.44. The molecule has 0 heterocycles. The summed E-state index contributed by atoms with van der Waals surface area (Å²) in [5, 5.41) is 2.65. The first-order valence-electron chi connectivity index (χ1n) is 7.88. The number of carbonyl (C=O) groups excluding carboxylic acids is 1. The summed E-state index contributed by atoms with van der Waals surface area (Å²) >= 11 is 0. The van der Waals surface area contributed by atoms with Crippen molar-refractivity contribution in [2.75, 3.05) is 13.6 Å². The summed E-state index contributed by atoms with van der Waals surface area (Å²) in [5.74, 6) is -0.0651. The van der Waals surface area contributed by atoms with Crippen LogP contribution in [0.2, 0.25) is 0 Å². The quantitative estimate of drug-likeness (QED) is 0.850. The van der Waals surface area contributed by atoms with Crippen molar-refractivity contribution >= 4 is 16.1 Å². The van der Waals surface area contributed by atoms with Crippen molar-refractivity contribution < 1.29 is 17.9 Å². The minimum absolute atomic E-state index is 0.0651. The fourth-order valence-electron chi connectivity index (χ4n) is 2.18. The molecule has 0 saturated heterocycles. The van der Waals surface area contributed by atoms with Gasteiger partial charge < -0.3 is 10.1 Å². The van der Waals surface area contributed by atoms with Gasteiger partial charge in [0.15, 0.2) is 0 Å². The van der Waals surface area contributed by atoms with Crippen LogP contribution >= 0.6 is 0 Å². The Bertz CT molecular complexity index is 665. The molecule has 0 aromatic heterocycles. The van der Waals surface area contributed by atoms with Gasteiger partial charge in [-0.15, -0.1) is 0 Å². The average Bonchev–Trinajstić information content (AvgIpc) is 2.34. The molecule has 0 unspecified atom stereocenters. The van der Waals surface area contributed by atoms with Gasteiger partial charge >= 0.3 is 6.09 Å². The zero-order chi connectivity index (χ0) is 18.5.